The third-order valence-electron chi connectivity index (χ3n) is 5.61. The number of amides is 2. The van der Waals surface area contributed by atoms with E-state index in [2.05, 4.69) is 10.2 Å². The van der Waals surface area contributed by atoms with Crippen molar-refractivity contribution in [3.63, 3.8) is 0 Å². The first kappa shape index (κ1) is 25.3. The van der Waals surface area contributed by atoms with Gasteiger partial charge in [-0.1, -0.05) is 11.6 Å². The molecule has 2 amide bonds. The molecule has 11 heteroatoms. The van der Waals surface area contributed by atoms with Gasteiger partial charge in [0.2, 0.25) is 11.7 Å². The van der Waals surface area contributed by atoms with E-state index in [4.69, 9.17) is 26.8 Å². The maximum Gasteiger partial charge on any atom is 0.313 e. The van der Waals surface area contributed by atoms with Gasteiger partial charge in [-0.2, -0.15) is 0 Å². The second-order valence-electron chi connectivity index (χ2n) is 7.99. The van der Waals surface area contributed by atoms with Crippen LogP contribution in [-0.4, -0.2) is 54.9 Å². The molecule has 2 aromatic rings. The molecule has 3 N–H and O–H groups in total. The van der Waals surface area contributed by atoms with Crippen LogP contribution in [-0.2, 0) is 4.79 Å². The third kappa shape index (κ3) is 6.58. The number of nitro groups is 1. The van der Waals surface area contributed by atoms with Crippen molar-refractivity contribution in [3.05, 3.63) is 57.1 Å². The second kappa shape index (κ2) is 11.7. The smallest absolute Gasteiger partial charge is 0.313 e. The molecule has 1 fully saturated rings. The highest BCUT2D eigenvalue weighted by Crippen LogP contribution is 2.37. The Labute approximate surface area is 202 Å². The van der Waals surface area contributed by atoms with Crippen LogP contribution in [0.1, 0.15) is 29.6 Å². The van der Waals surface area contributed by atoms with Crippen LogP contribution in [0.25, 0.3) is 0 Å². The molecule has 0 spiro atoms. The fourth-order valence-electron chi connectivity index (χ4n) is 3.83. The number of methoxy groups -OCH3 is 1. The Morgan fingerprint density at radius 1 is 1.24 bits per heavy atom. The summed E-state index contributed by atoms with van der Waals surface area (Å²) in [5, 5.41) is 14.4. The molecule has 1 heterocycles. The van der Waals surface area contributed by atoms with Crippen LogP contribution in [0.5, 0.6) is 17.2 Å². The number of benzene rings is 2. The zero-order valence-corrected chi connectivity index (χ0v) is 19.5. The minimum absolute atomic E-state index is 0.00110. The van der Waals surface area contributed by atoms with Gasteiger partial charge in [-0.15, -0.1) is 0 Å². The number of hydrogen-bond acceptors (Lipinski definition) is 7. The number of nitrogens with zero attached hydrogens (tertiary/aromatic N) is 2. The normalized spacial score (nSPS) is 16.0. The van der Waals surface area contributed by atoms with Crippen LogP contribution < -0.4 is 20.5 Å². The summed E-state index contributed by atoms with van der Waals surface area (Å²) in [6.45, 7) is 2.81. The van der Waals surface area contributed by atoms with E-state index in [0.29, 0.717) is 18.7 Å². The average molecular weight is 491 g/mol. The van der Waals surface area contributed by atoms with Gasteiger partial charge in [0.1, 0.15) is 0 Å². The summed E-state index contributed by atoms with van der Waals surface area (Å²) in [5.74, 6) is -0.172. The topological polar surface area (TPSA) is 137 Å². The number of halogens is 1. The molecule has 0 bridgehead atoms. The molecule has 1 unspecified atom stereocenters. The molecule has 1 aliphatic rings. The highest BCUT2D eigenvalue weighted by molar-refractivity contribution is 6.30. The van der Waals surface area contributed by atoms with Crippen LogP contribution in [0.3, 0.4) is 0 Å². The Morgan fingerprint density at radius 3 is 2.71 bits per heavy atom. The number of primary amides is 1. The molecule has 1 saturated heterocycles. The molecule has 1 atom stereocenters. The lowest BCUT2D eigenvalue weighted by Gasteiger charge is -2.31. The predicted octanol–water partition coefficient (Wildman–Crippen LogP) is 3.37. The minimum atomic E-state index is -0.590. The predicted molar refractivity (Wildman–Crippen MR) is 126 cm³/mol. The molecule has 1 aliphatic heterocycles. The lowest BCUT2D eigenvalue weighted by atomic mass is 9.97. The highest BCUT2D eigenvalue weighted by Gasteiger charge is 2.23. The van der Waals surface area contributed by atoms with Crippen molar-refractivity contribution in [1.82, 2.24) is 10.2 Å². The van der Waals surface area contributed by atoms with Gasteiger partial charge in [0.05, 0.1) is 18.0 Å². The first-order chi connectivity index (χ1) is 16.3. The third-order valence-corrected chi connectivity index (χ3v) is 5.84. The highest BCUT2D eigenvalue weighted by atomic mass is 35.5. The van der Waals surface area contributed by atoms with Crippen molar-refractivity contribution in [2.24, 2.45) is 11.7 Å². The Balaban J connectivity index is 1.57. The monoisotopic (exact) mass is 490 g/mol. The lowest BCUT2D eigenvalue weighted by Crippen LogP contribution is -2.42. The number of nitro benzene ring substituents is 1. The molecular formula is C23H27ClN4O6. The standard InChI is InChI=1S/C23H27ClN4O6/c1-33-21-12-15(5-7-20(21)34-19-8-6-17(24)13-18(19)28(31)32)23(30)26-9-3-11-27-10-2-4-16(14-27)22(25)29/h5-8,12-13,16H,2-4,9-11,14H2,1H3,(H2,25,29)(H,26,30). The molecule has 2 aromatic carbocycles. The van der Waals surface area contributed by atoms with E-state index in [1.165, 1.54) is 37.4 Å². The Morgan fingerprint density at radius 2 is 2.00 bits per heavy atom. The summed E-state index contributed by atoms with van der Waals surface area (Å²) in [4.78, 5) is 36.9. The number of hydrogen-bond donors (Lipinski definition) is 2. The van der Waals surface area contributed by atoms with E-state index in [1.54, 1.807) is 6.07 Å². The maximum atomic E-state index is 12.6. The summed E-state index contributed by atoms with van der Waals surface area (Å²) < 4.78 is 11.0. The van der Waals surface area contributed by atoms with Crippen LogP contribution in [0.4, 0.5) is 5.69 Å². The van der Waals surface area contributed by atoms with Crippen molar-refractivity contribution >= 4 is 29.1 Å². The fraction of sp³-hybridized carbons (Fsp3) is 0.391. The average Bonchev–Trinajstić information content (AvgIpc) is 2.83. The van der Waals surface area contributed by atoms with E-state index in [-0.39, 0.29) is 45.7 Å². The van der Waals surface area contributed by atoms with Crippen molar-refractivity contribution < 1.29 is 24.0 Å². The molecule has 0 aromatic heterocycles. The van der Waals surface area contributed by atoms with Gasteiger partial charge in [-0.05, 0) is 62.7 Å². The molecule has 3 rings (SSSR count). The van der Waals surface area contributed by atoms with E-state index in [1.807, 2.05) is 0 Å². The quantitative estimate of drug-likeness (QED) is 0.296. The molecule has 34 heavy (non-hydrogen) atoms. The van der Waals surface area contributed by atoms with Gasteiger partial charge < -0.3 is 25.4 Å². The molecule has 10 nitrogen and oxygen atoms in total. The van der Waals surface area contributed by atoms with Gasteiger partial charge in [0.25, 0.3) is 5.91 Å². The van der Waals surface area contributed by atoms with Crippen molar-refractivity contribution in [2.75, 3.05) is 33.3 Å². The van der Waals surface area contributed by atoms with E-state index >= 15 is 0 Å². The number of carbonyl (C=O) groups is 2. The van der Waals surface area contributed by atoms with Crippen LogP contribution in [0, 0.1) is 16.0 Å². The Hall–Kier alpha value is -3.37. The lowest BCUT2D eigenvalue weighted by molar-refractivity contribution is -0.385. The minimum Gasteiger partial charge on any atom is -0.493 e. The molecule has 182 valence electrons. The maximum absolute atomic E-state index is 12.6. The fourth-order valence-corrected chi connectivity index (χ4v) is 3.99. The summed E-state index contributed by atoms with van der Waals surface area (Å²) in [5.41, 5.74) is 5.49. The zero-order chi connectivity index (χ0) is 24.7. The second-order valence-corrected chi connectivity index (χ2v) is 8.42. The van der Waals surface area contributed by atoms with Gasteiger partial charge in [0.15, 0.2) is 11.5 Å². The van der Waals surface area contributed by atoms with Crippen LogP contribution in [0.2, 0.25) is 5.02 Å². The van der Waals surface area contributed by atoms with Gasteiger partial charge in [-0.3, -0.25) is 19.7 Å². The number of nitrogens with two attached hydrogens (primary N) is 1. The van der Waals surface area contributed by atoms with Crippen LogP contribution >= 0.6 is 11.6 Å². The first-order valence-corrected chi connectivity index (χ1v) is 11.3. The number of ether oxygens (including phenoxy) is 2. The first-order valence-electron chi connectivity index (χ1n) is 10.9. The largest absolute Gasteiger partial charge is 0.493 e. The van der Waals surface area contributed by atoms with E-state index < -0.39 is 4.92 Å². The molecule has 0 aliphatic carbocycles. The summed E-state index contributed by atoms with van der Waals surface area (Å²) in [6, 6.07) is 8.66. The number of rotatable bonds is 10. The van der Waals surface area contributed by atoms with Crippen molar-refractivity contribution in [1.29, 1.82) is 0 Å². The van der Waals surface area contributed by atoms with Gasteiger partial charge in [0, 0.05) is 29.7 Å². The van der Waals surface area contributed by atoms with E-state index in [9.17, 15) is 19.7 Å². The van der Waals surface area contributed by atoms with Crippen molar-refractivity contribution in [2.45, 2.75) is 19.3 Å². The number of nitrogens with one attached hydrogen (secondary N) is 1. The summed E-state index contributed by atoms with van der Waals surface area (Å²) in [7, 11) is 1.41. The van der Waals surface area contributed by atoms with Crippen molar-refractivity contribution in [3.8, 4) is 17.2 Å². The van der Waals surface area contributed by atoms with Gasteiger partial charge in [-0.25, -0.2) is 0 Å². The number of likely N-dealkylation sites (tertiary alicyclic amines) is 1. The van der Waals surface area contributed by atoms with E-state index in [0.717, 1.165) is 32.4 Å². The summed E-state index contributed by atoms with van der Waals surface area (Å²) >= 11 is 5.84. The number of carbonyl (C=O) groups excluding carboxylic acids is 2. The zero-order valence-electron chi connectivity index (χ0n) is 18.8. The van der Waals surface area contributed by atoms with Gasteiger partial charge >= 0.3 is 5.69 Å². The number of piperidine rings is 1. The Bertz CT molecular complexity index is 1060. The summed E-state index contributed by atoms with van der Waals surface area (Å²) in [6.07, 6.45) is 2.50. The Kier molecular flexibility index (Phi) is 8.67. The van der Waals surface area contributed by atoms with Crippen LogP contribution in [0.15, 0.2) is 36.4 Å². The molecule has 0 radical (unpaired) electrons. The molecule has 0 saturated carbocycles. The molecular weight excluding hydrogens is 464 g/mol. The SMILES string of the molecule is COc1cc(C(=O)NCCCN2CCCC(C(N)=O)C2)ccc1Oc1ccc(Cl)cc1[N+](=O)[O-].